The largest absolute Gasteiger partial charge is 0.507 e. The van der Waals surface area contributed by atoms with Crippen molar-refractivity contribution < 1.29 is 13.5 Å². The molecule has 0 saturated carbocycles. The van der Waals surface area contributed by atoms with E-state index in [1.54, 1.807) is 24.3 Å². The Morgan fingerprint density at radius 2 is 1.60 bits per heavy atom. The molecule has 0 heterocycles. The van der Waals surface area contributed by atoms with Gasteiger partial charge in [-0.1, -0.05) is 24.3 Å². The fraction of sp³-hybridized carbons (Fsp3) is 0. The van der Waals surface area contributed by atoms with Crippen LogP contribution in [-0.2, 0) is 10.0 Å². The molecule has 78 valence electrons. The highest BCUT2D eigenvalue weighted by atomic mass is 32.2. The molecule has 0 atom stereocenters. The van der Waals surface area contributed by atoms with E-state index in [0.717, 1.165) is 0 Å². The van der Waals surface area contributed by atoms with Gasteiger partial charge in [0.05, 0.1) is 4.90 Å². The topological polar surface area (TPSA) is 80.4 Å². The van der Waals surface area contributed by atoms with Crippen LogP contribution in [0.25, 0.3) is 10.8 Å². The number of nitrogens with two attached hydrogens (primary N) is 1. The van der Waals surface area contributed by atoms with Gasteiger partial charge in [-0.3, -0.25) is 0 Å². The number of aromatic hydroxyl groups is 1. The SMILES string of the molecule is NS(=O)(=O)c1cccc2c(O)cccc12. The summed E-state index contributed by atoms with van der Waals surface area (Å²) >= 11 is 0. The fourth-order valence-corrected chi connectivity index (χ4v) is 2.27. The van der Waals surface area contributed by atoms with E-state index >= 15 is 0 Å². The van der Waals surface area contributed by atoms with Gasteiger partial charge in [-0.2, -0.15) is 0 Å². The van der Waals surface area contributed by atoms with Gasteiger partial charge in [0.2, 0.25) is 10.0 Å². The Labute approximate surface area is 87.0 Å². The normalized spacial score (nSPS) is 11.8. The Morgan fingerprint density at radius 3 is 2.27 bits per heavy atom. The third kappa shape index (κ3) is 1.67. The summed E-state index contributed by atoms with van der Waals surface area (Å²) in [5, 5.41) is 15.5. The molecule has 2 aromatic rings. The Balaban J connectivity index is 2.96. The van der Waals surface area contributed by atoms with Crippen molar-refractivity contribution in [1.82, 2.24) is 0 Å². The van der Waals surface area contributed by atoms with Crippen LogP contribution < -0.4 is 5.14 Å². The molecule has 0 radical (unpaired) electrons. The molecule has 0 aliphatic rings. The van der Waals surface area contributed by atoms with Crippen molar-refractivity contribution in [2.24, 2.45) is 5.14 Å². The quantitative estimate of drug-likeness (QED) is 0.762. The molecule has 0 unspecified atom stereocenters. The van der Waals surface area contributed by atoms with Crippen molar-refractivity contribution in [1.29, 1.82) is 0 Å². The third-order valence-corrected chi connectivity index (χ3v) is 3.13. The molecule has 0 spiro atoms. The second-order valence-electron chi connectivity index (χ2n) is 3.17. The minimum atomic E-state index is -3.76. The molecule has 0 amide bonds. The maximum atomic E-state index is 11.3. The first-order chi connectivity index (χ1) is 7.00. The summed E-state index contributed by atoms with van der Waals surface area (Å²) in [6.07, 6.45) is 0. The van der Waals surface area contributed by atoms with E-state index in [9.17, 15) is 13.5 Å². The molecule has 2 aromatic carbocycles. The Hall–Kier alpha value is -1.59. The first-order valence-corrected chi connectivity index (χ1v) is 5.78. The summed E-state index contributed by atoms with van der Waals surface area (Å²) in [5.41, 5.74) is 0. The van der Waals surface area contributed by atoms with E-state index in [1.165, 1.54) is 12.1 Å². The van der Waals surface area contributed by atoms with Gasteiger partial charge in [0, 0.05) is 10.8 Å². The molecule has 0 aliphatic heterocycles. The maximum Gasteiger partial charge on any atom is 0.238 e. The van der Waals surface area contributed by atoms with Gasteiger partial charge in [-0.05, 0) is 12.1 Å². The van der Waals surface area contributed by atoms with Crippen LogP contribution in [-0.4, -0.2) is 13.5 Å². The lowest BCUT2D eigenvalue weighted by atomic mass is 10.1. The predicted octanol–water partition coefficient (Wildman–Crippen LogP) is 1.19. The van der Waals surface area contributed by atoms with Crippen molar-refractivity contribution in [2.45, 2.75) is 4.90 Å². The summed E-state index contributed by atoms with van der Waals surface area (Å²) in [5.74, 6) is 0.0398. The molecular weight excluding hydrogens is 214 g/mol. The zero-order valence-electron chi connectivity index (χ0n) is 7.71. The highest BCUT2D eigenvalue weighted by Gasteiger charge is 2.12. The summed E-state index contributed by atoms with van der Waals surface area (Å²) < 4.78 is 22.5. The summed E-state index contributed by atoms with van der Waals surface area (Å²) in [4.78, 5) is 0.0240. The molecule has 5 heteroatoms. The maximum absolute atomic E-state index is 11.3. The summed E-state index contributed by atoms with van der Waals surface area (Å²) in [6.45, 7) is 0. The van der Waals surface area contributed by atoms with Crippen LogP contribution in [0.3, 0.4) is 0 Å². The zero-order valence-corrected chi connectivity index (χ0v) is 8.53. The van der Waals surface area contributed by atoms with Crippen molar-refractivity contribution in [3.63, 3.8) is 0 Å². The minimum Gasteiger partial charge on any atom is -0.507 e. The number of hydrogen-bond acceptors (Lipinski definition) is 3. The molecular formula is C10H9NO3S. The molecule has 0 bridgehead atoms. The minimum absolute atomic E-state index is 0.0240. The van der Waals surface area contributed by atoms with Crippen molar-refractivity contribution >= 4 is 20.8 Å². The van der Waals surface area contributed by atoms with E-state index in [4.69, 9.17) is 5.14 Å². The summed E-state index contributed by atoms with van der Waals surface area (Å²) in [7, 11) is -3.76. The number of phenolic OH excluding ortho intramolecular Hbond substituents is 1. The van der Waals surface area contributed by atoms with Crippen LogP contribution in [0.2, 0.25) is 0 Å². The van der Waals surface area contributed by atoms with Crippen molar-refractivity contribution in [3.8, 4) is 5.75 Å². The number of primary sulfonamides is 1. The molecule has 0 aliphatic carbocycles. The second kappa shape index (κ2) is 3.22. The average molecular weight is 223 g/mol. The number of hydrogen-bond donors (Lipinski definition) is 2. The number of phenols is 1. The zero-order chi connectivity index (χ0) is 11.1. The molecule has 0 saturated heterocycles. The van der Waals surface area contributed by atoms with Crippen molar-refractivity contribution in [3.05, 3.63) is 36.4 Å². The Bertz CT molecular complexity index is 620. The number of rotatable bonds is 1. The lowest BCUT2D eigenvalue weighted by Gasteiger charge is -2.05. The molecule has 0 fully saturated rings. The van der Waals surface area contributed by atoms with Gasteiger partial charge < -0.3 is 5.11 Å². The van der Waals surface area contributed by atoms with Gasteiger partial charge >= 0.3 is 0 Å². The first kappa shape index (κ1) is 9.95. The number of sulfonamides is 1. The van der Waals surface area contributed by atoms with Gasteiger partial charge in [-0.25, -0.2) is 13.6 Å². The fourth-order valence-electron chi connectivity index (χ4n) is 1.51. The van der Waals surface area contributed by atoms with E-state index in [0.29, 0.717) is 10.8 Å². The second-order valence-corrected chi connectivity index (χ2v) is 4.70. The van der Waals surface area contributed by atoms with Gasteiger partial charge in [0.15, 0.2) is 0 Å². The lowest BCUT2D eigenvalue weighted by Crippen LogP contribution is -2.12. The monoisotopic (exact) mass is 223 g/mol. The third-order valence-electron chi connectivity index (χ3n) is 2.17. The molecule has 3 N–H and O–H groups in total. The van der Waals surface area contributed by atoms with Crippen LogP contribution in [0.15, 0.2) is 41.3 Å². The first-order valence-electron chi connectivity index (χ1n) is 4.23. The molecule has 0 aromatic heterocycles. The standard InChI is InChI=1S/C10H9NO3S/c11-15(13,14)10-6-2-3-7-8(10)4-1-5-9(7)12/h1-6,12H,(H2,11,13,14). The van der Waals surface area contributed by atoms with Crippen LogP contribution in [0.1, 0.15) is 0 Å². The van der Waals surface area contributed by atoms with Crippen LogP contribution in [0.4, 0.5) is 0 Å². The van der Waals surface area contributed by atoms with Gasteiger partial charge in [0.1, 0.15) is 5.75 Å². The van der Waals surface area contributed by atoms with Crippen LogP contribution in [0, 0.1) is 0 Å². The van der Waals surface area contributed by atoms with E-state index in [-0.39, 0.29) is 10.6 Å². The Kier molecular flexibility index (Phi) is 2.13. The molecule has 2 rings (SSSR count). The van der Waals surface area contributed by atoms with Gasteiger partial charge in [-0.15, -0.1) is 0 Å². The lowest BCUT2D eigenvalue weighted by molar-refractivity contribution is 0.481. The molecule has 4 nitrogen and oxygen atoms in total. The van der Waals surface area contributed by atoms with E-state index in [2.05, 4.69) is 0 Å². The highest BCUT2D eigenvalue weighted by Crippen LogP contribution is 2.28. The number of benzene rings is 2. The van der Waals surface area contributed by atoms with Gasteiger partial charge in [0.25, 0.3) is 0 Å². The summed E-state index contributed by atoms with van der Waals surface area (Å²) in [6, 6.07) is 9.27. The van der Waals surface area contributed by atoms with Crippen LogP contribution in [0.5, 0.6) is 5.75 Å². The van der Waals surface area contributed by atoms with E-state index in [1.807, 2.05) is 0 Å². The smallest absolute Gasteiger partial charge is 0.238 e. The highest BCUT2D eigenvalue weighted by molar-refractivity contribution is 7.89. The van der Waals surface area contributed by atoms with Crippen LogP contribution >= 0.6 is 0 Å². The Morgan fingerprint density at radius 1 is 1.00 bits per heavy atom. The molecule has 15 heavy (non-hydrogen) atoms. The average Bonchev–Trinajstić information content (AvgIpc) is 2.16. The van der Waals surface area contributed by atoms with Crippen molar-refractivity contribution in [2.75, 3.05) is 0 Å². The van der Waals surface area contributed by atoms with E-state index < -0.39 is 10.0 Å². The number of fused-ring (bicyclic) bond motifs is 1. The predicted molar refractivity (Wildman–Crippen MR) is 57.0 cm³/mol.